The number of quaternary nitrogens is 1. The van der Waals surface area contributed by atoms with Crippen LogP contribution in [0.15, 0.2) is 41.4 Å². The zero-order chi connectivity index (χ0) is 20.1. The first kappa shape index (κ1) is 20.4. The Kier molecular flexibility index (Phi) is 6.84. The Labute approximate surface area is 176 Å². The maximum atomic E-state index is 12.5. The predicted octanol–water partition coefficient (Wildman–Crippen LogP) is 0.626. The third kappa shape index (κ3) is 5.18. The van der Waals surface area contributed by atoms with Gasteiger partial charge in [-0.05, 0) is 18.1 Å². The van der Waals surface area contributed by atoms with E-state index in [-0.39, 0.29) is 11.8 Å². The quantitative estimate of drug-likeness (QED) is 0.463. The number of methoxy groups -OCH3 is 1. The molecule has 1 unspecified atom stereocenters. The molecule has 1 aromatic carbocycles. The van der Waals surface area contributed by atoms with Gasteiger partial charge in [-0.25, -0.2) is 4.68 Å². The van der Waals surface area contributed by atoms with Gasteiger partial charge in [0.1, 0.15) is 6.04 Å². The maximum absolute atomic E-state index is 12.5. The van der Waals surface area contributed by atoms with E-state index >= 15 is 0 Å². The predicted molar refractivity (Wildman–Crippen MR) is 112 cm³/mol. The molecule has 3 saturated heterocycles. The fourth-order valence-electron chi connectivity index (χ4n) is 4.62. The molecular formula is C21H30N5O2S+. The number of amides is 1. The lowest BCUT2D eigenvalue weighted by atomic mass is 9.75. The van der Waals surface area contributed by atoms with Crippen LogP contribution in [-0.4, -0.2) is 60.3 Å². The summed E-state index contributed by atoms with van der Waals surface area (Å²) in [5, 5.41) is 11.7. The third-order valence-corrected chi connectivity index (χ3v) is 7.16. The number of fused-ring (bicyclic) bond motifs is 3. The number of ether oxygens (including phenoxy) is 1. The van der Waals surface area contributed by atoms with E-state index in [2.05, 4.69) is 46.1 Å². The lowest BCUT2D eigenvalue weighted by Gasteiger charge is -2.46. The average Bonchev–Trinajstić information content (AvgIpc) is 3.21. The molecule has 156 valence electrons. The average molecular weight is 417 g/mol. The molecule has 2 bridgehead atoms. The molecule has 0 saturated carbocycles. The summed E-state index contributed by atoms with van der Waals surface area (Å²) in [5.74, 6) is 1.65. The van der Waals surface area contributed by atoms with Gasteiger partial charge >= 0.3 is 0 Å². The second kappa shape index (κ2) is 9.73. The molecule has 5 rings (SSSR count). The number of piperidine rings is 3. The van der Waals surface area contributed by atoms with Crippen LogP contribution in [0, 0.1) is 11.8 Å². The van der Waals surface area contributed by atoms with Crippen LogP contribution in [0.1, 0.15) is 18.5 Å². The molecule has 4 atom stereocenters. The Hall–Kier alpha value is -1.90. The van der Waals surface area contributed by atoms with E-state index < -0.39 is 0 Å². The number of rotatable bonds is 9. The topological polar surface area (TPSA) is 73.5 Å². The SMILES string of the molecule is COCCNC(=O)[C@H]1C[NH+]2CC[C@H]1C[C@@H]2Cn1cc(CSc2ccccc2)nn1. The maximum Gasteiger partial charge on any atom is 0.229 e. The van der Waals surface area contributed by atoms with Crippen molar-refractivity contribution in [3.63, 3.8) is 0 Å². The minimum absolute atomic E-state index is 0.139. The molecule has 0 radical (unpaired) electrons. The van der Waals surface area contributed by atoms with Crippen LogP contribution in [0.5, 0.6) is 0 Å². The van der Waals surface area contributed by atoms with E-state index in [0.717, 1.165) is 43.9 Å². The first-order valence-corrected chi connectivity index (χ1v) is 11.4. The van der Waals surface area contributed by atoms with Crippen LogP contribution < -0.4 is 10.2 Å². The van der Waals surface area contributed by atoms with Gasteiger partial charge in [-0.2, -0.15) is 0 Å². The highest BCUT2D eigenvalue weighted by atomic mass is 32.2. The Morgan fingerprint density at radius 3 is 3.00 bits per heavy atom. The molecule has 2 N–H and O–H groups in total. The molecule has 1 aromatic heterocycles. The summed E-state index contributed by atoms with van der Waals surface area (Å²) in [7, 11) is 1.66. The van der Waals surface area contributed by atoms with Crippen LogP contribution in [0.25, 0.3) is 0 Å². The highest BCUT2D eigenvalue weighted by Crippen LogP contribution is 2.28. The van der Waals surface area contributed by atoms with Gasteiger partial charge in [-0.15, -0.1) is 16.9 Å². The van der Waals surface area contributed by atoms with Crippen molar-refractivity contribution < 1.29 is 14.4 Å². The van der Waals surface area contributed by atoms with Crippen molar-refractivity contribution in [2.75, 3.05) is 33.4 Å². The Bertz CT molecular complexity index is 799. The molecule has 1 amide bonds. The number of carbonyl (C=O) groups is 1. The van der Waals surface area contributed by atoms with E-state index in [9.17, 15) is 4.79 Å². The van der Waals surface area contributed by atoms with E-state index in [1.807, 2.05) is 10.7 Å². The number of aromatic nitrogens is 3. The van der Waals surface area contributed by atoms with Crippen molar-refractivity contribution in [3.8, 4) is 0 Å². The number of benzene rings is 1. The normalized spacial score (nSPS) is 25.8. The molecule has 3 aliphatic rings. The molecule has 29 heavy (non-hydrogen) atoms. The van der Waals surface area contributed by atoms with Crippen LogP contribution in [0.4, 0.5) is 0 Å². The molecule has 2 aromatic rings. The van der Waals surface area contributed by atoms with Crippen LogP contribution in [-0.2, 0) is 21.8 Å². The van der Waals surface area contributed by atoms with Gasteiger partial charge in [0.05, 0.1) is 37.9 Å². The Morgan fingerprint density at radius 1 is 1.38 bits per heavy atom. The number of hydrogen-bond donors (Lipinski definition) is 2. The summed E-state index contributed by atoms with van der Waals surface area (Å²) in [6.45, 7) is 4.13. The number of thioether (sulfide) groups is 1. The fourth-order valence-corrected chi connectivity index (χ4v) is 5.42. The third-order valence-electron chi connectivity index (χ3n) is 6.12. The fraction of sp³-hybridized carbons (Fsp3) is 0.571. The number of hydrogen-bond acceptors (Lipinski definition) is 5. The van der Waals surface area contributed by atoms with Crippen LogP contribution >= 0.6 is 11.8 Å². The zero-order valence-corrected chi connectivity index (χ0v) is 17.7. The summed E-state index contributed by atoms with van der Waals surface area (Å²) < 4.78 is 7.03. The van der Waals surface area contributed by atoms with Crippen LogP contribution in [0.2, 0.25) is 0 Å². The Morgan fingerprint density at radius 2 is 2.24 bits per heavy atom. The van der Waals surface area contributed by atoms with E-state index in [4.69, 9.17) is 4.74 Å². The summed E-state index contributed by atoms with van der Waals surface area (Å²) in [6, 6.07) is 10.9. The Balaban J connectivity index is 1.28. The number of nitrogens with one attached hydrogen (secondary N) is 2. The number of carbonyl (C=O) groups excluding carboxylic acids is 1. The molecule has 4 heterocycles. The second-order valence-electron chi connectivity index (χ2n) is 8.02. The largest absolute Gasteiger partial charge is 0.383 e. The minimum atomic E-state index is 0.139. The molecule has 3 fully saturated rings. The standard InChI is InChI=1S/C21H29N5O2S/c1-28-10-8-22-21(27)20-14-25-9-7-16(20)11-18(25)13-26-12-17(23-24-26)15-29-19-5-3-2-4-6-19/h2-6,12,16,18,20H,7-11,13-15H2,1H3,(H,22,27)/p+1/t16-,18+,20-/m0/s1. The van der Waals surface area contributed by atoms with E-state index in [1.165, 1.54) is 9.80 Å². The van der Waals surface area contributed by atoms with Gasteiger partial charge in [0.2, 0.25) is 5.91 Å². The minimum Gasteiger partial charge on any atom is -0.383 e. The smallest absolute Gasteiger partial charge is 0.229 e. The lowest BCUT2D eigenvalue weighted by Crippen LogP contribution is -3.20. The molecule has 3 aliphatic heterocycles. The van der Waals surface area contributed by atoms with Crippen LogP contribution in [0.3, 0.4) is 0 Å². The van der Waals surface area contributed by atoms with Crippen molar-refractivity contribution in [3.05, 3.63) is 42.2 Å². The monoisotopic (exact) mass is 416 g/mol. The first-order valence-electron chi connectivity index (χ1n) is 10.4. The summed E-state index contributed by atoms with van der Waals surface area (Å²) in [4.78, 5) is 15.3. The van der Waals surface area contributed by atoms with Gasteiger partial charge < -0.3 is 15.0 Å². The summed E-state index contributed by atoms with van der Waals surface area (Å²) in [5.41, 5.74) is 1.01. The lowest BCUT2D eigenvalue weighted by molar-refractivity contribution is -0.945. The van der Waals surface area contributed by atoms with Crippen molar-refractivity contribution in [1.29, 1.82) is 0 Å². The summed E-state index contributed by atoms with van der Waals surface area (Å²) in [6.07, 6.45) is 4.31. The van der Waals surface area contributed by atoms with Gasteiger partial charge in [-0.3, -0.25) is 4.79 Å². The highest BCUT2D eigenvalue weighted by Gasteiger charge is 2.46. The molecule has 7 nitrogen and oxygen atoms in total. The van der Waals surface area contributed by atoms with Gasteiger partial charge in [0.15, 0.2) is 0 Å². The molecular weight excluding hydrogens is 386 g/mol. The van der Waals surface area contributed by atoms with Crippen molar-refractivity contribution in [1.82, 2.24) is 20.3 Å². The van der Waals surface area contributed by atoms with Crippen molar-refractivity contribution in [2.24, 2.45) is 11.8 Å². The summed E-state index contributed by atoms with van der Waals surface area (Å²) >= 11 is 1.78. The second-order valence-corrected chi connectivity index (χ2v) is 9.07. The van der Waals surface area contributed by atoms with Crippen molar-refractivity contribution >= 4 is 17.7 Å². The first-order chi connectivity index (χ1) is 14.2. The number of nitrogens with zero attached hydrogens (tertiary/aromatic N) is 3. The molecule has 0 aliphatic carbocycles. The van der Waals surface area contributed by atoms with Gasteiger partial charge in [0.25, 0.3) is 0 Å². The highest BCUT2D eigenvalue weighted by molar-refractivity contribution is 7.98. The van der Waals surface area contributed by atoms with Gasteiger partial charge in [0, 0.05) is 43.3 Å². The van der Waals surface area contributed by atoms with Crippen molar-refractivity contribution in [2.45, 2.75) is 36.1 Å². The molecule has 0 spiro atoms. The zero-order valence-electron chi connectivity index (χ0n) is 16.9. The molecule has 8 heteroatoms. The van der Waals surface area contributed by atoms with E-state index in [1.54, 1.807) is 18.9 Å². The van der Waals surface area contributed by atoms with E-state index in [0.29, 0.717) is 25.1 Å². The van der Waals surface area contributed by atoms with Gasteiger partial charge in [-0.1, -0.05) is 23.4 Å².